The molecule has 1 atom stereocenters. The lowest BCUT2D eigenvalue weighted by Gasteiger charge is -2.33. The number of amides is 2. The van der Waals surface area contributed by atoms with Gasteiger partial charge in [0.25, 0.3) is 0 Å². The van der Waals surface area contributed by atoms with Crippen LogP contribution in [0.15, 0.2) is 0 Å². The second-order valence-electron chi connectivity index (χ2n) is 6.14. The Morgan fingerprint density at radius 3 is 2.43 bits per heavy atom. The molecular weight excluding hydrogens is 292 g/mol. The van der Waals surface area contributed by atoms with Crippen LogP contribution in [-0.4, -0.2) is 53.9 Å². The summed E-state index contributed by atoms with van der Waals surface area (Å²) in [5.41, 5.74) is -0.887. The number of carbonyl (C=O) groups excluding carboxylic acids is 1. The SMILES string of the molecule is CC1(CNC(=O)NCC2(C(=O)O)CCOCC2)CCCS1. The molecule has 2 aliphatic heterocycles. The van der Waals surface area contributed by atoms with Crippen LogP contribution in [0.1, 0.15) is 32.6 Å². The number of carbonyl (C=O) groups is 2. The van der Waals surface area contributed by atoms with Crippen molar-refractivity contribution in [3.8, 4) is 0 Å². The molecule has 2 saturated heterocycles. The van der Waals surface area contributed by atoms with Gasteiger partial charge in [0.2, 0.25) is 0 Å². The Hall–Kier alpha value is -0.950. The van der Waals surface area contributed by atoms with E-state index in [9.17, 15) is 14.7 Å². The maximum Gasteiger partial charge on any atom is 0.314 e. The number of ether oxygens (including phenoxy) is 1. The van der Waals surface area contributed by atoms with Crippen molar-refractivity contribution in [2.75, 3.05) is 32.1 Å². The number of carboxylic acids is 1. The van der Waals surface area contributed by atoms with Gasteiger partial charge in [0.15, 0.2) is 0 Å². The fourth-order valence-corrected chi connectivity index (χ4v) is 4.03. The molecule has 6 nitrogen and oxygen atoms in total. The largest absolute Gasteiger partial charge is 0.481 e. The van der Waals surface area contributed by atoms with Crippen molar-refractivity contribution in [2.24, 2.45) is 5.41 Å². The van der Waals surface area contributed by atoms with Crippen molar-refractivity contribution in [1.82, 2.24) is 10.6 Å². The van der Waals surface area contributed by atoms with Gasteiger partial charge >= 0.3 is 12.0 Å². The van der Waals surface area contributed by atoms with Gasteiger partial charge in [0.1, 0.15) is 0 Å². The van der Waals surface area contributed by atoms with Crippen molar-refractivity contribution in [3.63, 3.8) is 0 Å². The Kier molecular flexibility index (Phi) is 5.37. The summed E-state index contributed by atoms with van der Waals surface area (Å²) >= 11 is 1.88. The molecule has 1 unspecified atom stereocenters. The highest BCUT2D eigenvalue weighted by Crippen LogP contribution is 2.37. The zero-order valence-corrected chi connectivity index (χ0v) is 13.3. The van der Waals surface area contributed by atoms with Crippen LogP contribution in [0.5, 0.6) is 0 Å². The van der Waals surface area contributed by atoms with E-state index >= 15 is 0 Å². The summed E-state index contributed by atoms with van der Waals surface area (Å²) in [4.78, 5) is 23.4. The minimum Gasteiger partial charge on any atom is -0.481 e. The van der Waals surface area contributed by atoms with Crippen LogP contribution in [0.4, 0.5) is 4.79 Å². The van der Waals surface area contributed by atoms with E-state index in [4.69, 9.17) is 4.74 Å². The number of urea groups is 1. The fourth-order valence-electron chi connectivity index (χ4n) is 2.78. The molecule has 120 valence electrons. The zero-order valence-electron chi connectivity index (χ0n) is 12.4. The quantitative estimate of drug-likeness (QED) is 0.714. The third-order valence-electron chi connectivity index (χ3n) is 4.41. The molecule has 21 heavy (non-hydrogen) atoms. The molecule has 0 spiro atoms. The Morgan fingerprint density at radius 2 is 1.86 bits per heavy atom. The number of carboxylic acid groups (broad SMARTS) is 1. The Labute approximate surface area is 129 Å². The van der Waals surface area contributed by atoms with Crippen LogP contribution in [-0.2, 0) is 9.53 Å². The Bertz CT molecular complexity index is 390. The number of thioether (sulfide) groups is 1. The highest BCUT2D eigenvalue weighted by Gasteiger charge is 2.40. The molecule has 0 aromatic heterocycles. The Balaban J connectivity index is 1.78. The summed E-state index contributed by atoms with van der Waals surface area (Å²) in [6, 6.07) is -0.282. The second kappa shape index (κ2) is 6.87. The maximum absolute atomic E-state index is 11.9. The molecule has 0 bridgehead atoms. The highest BCUT2D eigenvalue weighted by atomic mass is 32.2. The van der Waals surface area contributed by atoms with Gasteiger partial charge in [-0.3, -0.25) is 4.79 Å². The molecule has 7 heteroatoms. The molecule has 0 aliphatic carbocycles. The maximum atomic E-state index is 11.9. The van der Waals surface area contributed by atoms with Gasteiger partial charge in [-0.15, -0.1) is 0 Å². The predicted octanol–water partition coefficient (Wildman–Crippen LogP) is 1.45. The average Bonchev–Trinajstić information content (AvgIpc) is 2.91. The lowest BCUT2D eigenvalue weighted by atomic mass is 9.80. The van der Waals surface area contributed by atoms with Crippen molar-refractivity contribution in [3.05, 3.63) is 0 Å². The first-order valence-corrected chi connectivity index (χ1v) is 8.41. The molecule has 2 heterocycles. The van der Waals surface area contributed by atoms with Gasteiger partial charge in [-0.2, -0.15) is 11.8 Å². The molecule has 2 rings (SSSR count). The van der Waals surface area contributed by atoms with Gasteiger partial charge in [0, 0.05) is 31.1 Å². The van der Waals surface area contributed by atoms with Crippen LogP contribution in [0.2, 0.25) is 0 Å². The number of hydrogen-bond acceptors (Lipinski definition) is 4. The fraction of sp³-hybridized carbons (Fsp3) is 0.857. The number of rotatable bonds is 5. The normalized spacial score (nSPS) is 28.0. The van der Waals surface area contributed by atoms with Gasteiger partial charge in [-0.05, 0) is 38.4 Å². The van der Waals surface area contributed by atoms with Crippen LogP contribution in [0, 0.1) is 5.41 Å². The molecule has 0 aromatic rings. The van der Waals surface area contributed by atoms with E-state index in [0.29, 0.717) is 32.6 Å². The summed E-state index contributed by atoms with van der Waals surface area (Å²) in [6.07, 6.45) is 3.17. The van der Waals surface area contributed by atoms with Crippen molar-refractivity contribution in [1.29, 1.82) is 0 Å². The molecule has 3 N–H and O–H groups in total. The van der Waals surface area contributed by atoms with Gasteiger partial charge in [-0.25, -0.2) is 4.79 Å². The third-order valence-corrected chi connectivity index (χ3v) is 5.95. The summed E-state index contributed by atoms with van der Waals surface area (Å²) in [6.45, 7) is 3.80. The number of aliphatic carboxylic acids is 1. The predicted molar refractivity (Wildman–Crippen MR) is 81.6 cm³/mol. The monoisotopic (exact) mass is 316 g/mol. The topological polar surface area (TPSA) is 87.7 Å². The first-order chi connectivity index (χ1) is 9.96. The molecule has 2 fully saturated rings. The van der Waals surface area contributed by atoms with E-state index in [1.54, 1.807) is 0 Å². The zero-order chi connectivity index (χ0) is 15.3. The van der Waals surface area contributed by atoms with E-state index in [0.717, 1.165) is 12.2 Å². The average molecular weight is 316 g/mol. The van der Waals surface area contributed by atoms with Crippen LogP contribution < -0.4 is 10.6 Å². The van der Waals surface area contributed by atoms with E-state index in [2.05, 4.69) is 17.6 Å². The second-order valence-corrected chi connectivity index (χ2v) is 7.82. The van der Waals surface area contributed by atoms with E-state index in [1.165, 1.54) is 6.42 Å². The van der Waals surface area contributed by atoms with Crippen molar-refractivity contribution < 1.29 is 19.4 Å². The number of hydrogen-bond donors (Lipinski definition) is 3. The Morgan fingerprint density at radius 1 is 1.19 bits per heavy atom. The van der Waals surface area contributed by atoms with E-state index in [-0.39, 0.29) is 17.3 Å². The van der Waals surface area contributed by atoms with Crippen molar-refractivity contribution in [2.45, 2.75) is 37.4 Å². The smallest absolute Gasteiger partial charge is 0.314 e. The molecule has 2 aliphatic rings. The summed E-state index contributed by atoms with van der Waals surface area (Å²) in [5, 5.41) is 15.0. The minimum atomic E-state index is -0.887. The lowest BCUT2D eigenvalue weighted by molar-refractivity contribution is -0.154. The molecular formula is C14H24N2O4S. The first kappa shape index (κ1) is 16.4. The van der Waals surface area contributed by atoms with Crippen molar-refractivity contribution >= 4 is 23.8 Å². The van der Waals surface area contributed by atoms with Crippen LogP contribution in [0.25, 0.3) is 0 Å². The molecule has 2 amide bonds. The van der Waals surface area contributed by atoms with Gasteiger partial charge < -0.3 is 20.5 Å². The summed E-state index contributed by atoms with van der Waals surface area (Å²) < 4.78 is 5.33. The van der Waals surface area contributed by atoms with E-state index < -0.39 is 11.4 Å². The van der Waals surface area contributed by atoms with Crippen LogP contribution in [0.3, 0.4) is 0 Å². The molecule has 0 saturated carbocycles. The molecule has 0 radical (unpaired) electrons. The highest BCUT2D eigenvalue weighted by molar-refractivity contribution is 8.00. The summed E-state index contributed by atoms with van der Waals surface area (Å²) in [5.74, 6) is 0.284. The third kappa shape index (κ3) is 4.26. The standard InChI is InChI=1S/C14H24N2O4S/c1-13(3-2-8-21-13)9-15-12(19)16-10-14(11(17)18)4-6-20-7-5-14/h2-10H2,1H3,(H,17,18)(H2,15,16,19). The summed E-state index contributed by atoms with van der Waals surface area (Å²) in [7, 11) is 0. The molecule has 0 aromatic carbocycles. The minimum absolute atomic E-state index is 0.112. The van der Waals surface area contributed by atoms with E-state index in [1.807, 2.05) is 11.8 Å². The number of nitrogens with one attached hydrogen (secondary N) is 2. The lowest BCUT2D eigenvalue weighted by Crippen LogP contribution is -2.50. The first-order valence-electron chi connectivity index (χ1n) is 7.43. The van der Waals surface area contributed by atoms with Gasteiger partial charge in [-0.1, -0.05) is 0 Å². The van der Waals surface area contributed by atoms with Crippen LogP contribution >= 0.6 is 11.8 Å². The van der Waals surface area contributed by atoms with Gasteiger partial charge in [0.05, 0.1) is 5.41 Å².